The highest BCUT2D eigenvalue weighted by Crippen LogP contribution is 2.22. The molecule has 0 aliphatic rings. The first-order valence-corrected chi connectivity index (χ1v) is 8.02. The van der Waals surface area contributed by atoms with Gasteiger partial charge in [-0.3, -0.25) is 4.79 Å². The monoisotopic (exact) mass is 463 g/mol. The van der Waals surface area contributed by atoms with Crippen molar-refractivity contribution in [2.45, 2.75) is 6.54 Å². The van der Waals surface area contributed by atoms with E-state index in [1.165, 1.54) is 6.07 Å². The summed E-state index contributed by atoms with van der Waals surface area (Å²) in [6.45, 7) is 0.128. The summed E-state index contributed by atoms with van der Waals surface area (Å²) >= 11 is 9.91. The molecule has 0 atom stereocenters. The van der Waals surface area contributed by atoms with Gasteiger partial charge in [-0.05, 0) is 52.3 Å². The molecule has 2 aromatic rings. The average Bonchev–Trinajstić information content (AvgIpc) is 2.42. The molecule has 0 spiro atoms. The van der Waals surface area contributed by atoms with Crippen LogP contribution in [0.25, 0.3) is 0 Å². The molecular formula is C14H9Br3FNO. The van der Waals surface area contributed by atoms with Gasteiger partial charge in [0, 0.05) is 25.5 Å². The van der Waals surface area contributed by atoms with Crippen LogP contribution in [0.1, 0.15) is 15.9 Å². The predicted molar refractivity (Wildman–Crippen MR) is 87.1 cm³/mol. The quantitative estimate of drug-likeness (QED) is 0.675. The first-order chi connectivity index (χ1) is 9.47. The number of carbonyl (C=O) groups excluding carboxylic acids is 1. The SMILES string of the molecule is O=C(NCc1cc(Br)ccc1F)c1cc(Br)ccc1Br. The molecule has 0 fully saturated rings. The van der Waals surface area contributed by atoms with E-state index in [-0.39, 0.29) is 18.3 Å². The molecule has 0 saturated heterocycles. The standard InChI is InChI=1S/C14H9Br3FNO/c15-9-2-4-13(18)8(5-9)7-19-14(20)11-6-10(16)1-3-12(11)17/h1-6H,7H2,(H,19,20). The molecule has 20 heavy (non-hydrogen) atoms. The third-order valence-corrected chi connectivity index (χ3v) is 4.30. The van der Waals surface area contributed by atoms with E-state index >= 15 is 0 Å². The molecule has 0 heterocycles. The van der Waals surface area contributed by atoms with E-state index < -0.39 is 0 Å². The maximum Gasteiger partial charge on any atom is 0.252 e. The van der Waals surface area contributed by atoms with E-state index in [0.717, 1.165) is 8.95 Å². The van der Waals surface area contributed by atoms with Crippen molar-refractivity contribution < 1.29 is 9.18 Å². The fourth-order valence-corrected chi connectivity index (χ4v) is 2.82. The Bertz CT molecular complexity index is 661. The van der Waals surface area contributed by atoms with Gasteiger partial charge < -0.3 is 5.32 Å². The Morgan fingerprint density at radius 2 is 1.70 bits per heavy atom. The Balaban J connectivity index is 2.12. The summed E-state index contributed by atoms with van der Waals surface area (Å²) in [5, 5.41) is 2.70. The molecule has 0 bridgehead atoms. The van der Waals surface area contributed by atoms with Gasteiger partial charge in [0.15, 0.2) is 0 Å². The summed E-state index contributed by atoms with van der Waals surface area (Å²) in [5.74, 6) is -0.612. The van der Waals surface area contributed by atoms with E-state index in [1.54, 1.807) is 24.3 Å². The topological polar surface area (TPSA) is 29.1 Å². The summed E-state index contributed by atoms with van der Waals surface area (Å²) in [7, 11) is 0. The van der Waals surface area contributed by atoms with Gasteiger partial charge in [-0.15, -0.1) is 0 Å². The van der Waals surface area contributed by atoms with Crippen molar-refractivity contribution in [2.24, 2.45) is 0 Å². The van der Waals surface area contributed by atoms with Crippen molar-refractivity contribution >= 4 is 53.7 Å². The second-order valence-electron chi connectivity index (χ2n) is 4.04. The van der Waals surface area contributed by atoms with Crippen molar-refractivity contribution in [3.63, 3.8) is 0 Å². The Kier molecular flexibility index (Phi) is 5.35. The number of halogens is 4. The number of hydrogen-bond donors (Lipinski definition) is 1. The Morgan fingerprint density at radius 3 is 2.45 bits per heavy atom. The maximum absolute atomic E-state index is 13.6. The van der Waals surface area contributed by atoms with Crippen LogP contribution < -0.4 is 5.32 Å². The Morgan fingerprint density at radius 1 is 1.05 bits per heavy atom. The van der Waals surface area contributed by atoms with Crippen molar-refractivity contribution in [1.29, 1.82) is 0 Å². The first-order valence-electron chi connectivity index (χ1n) is 5.64. The van der Waals surface area contributed by atoms with Gasteiger partial charge in [0.25, 0.3) is 5.91 Å². The highest BCUT2D eigenvalue weighted by atomic mass is 79.9. The fraction of sp³-hybridized carbons (Fsp3) is 0.0714. The van der Waals surface area contributed by atoms with Crippen molar-refractivity contribution in [3.8, 4) is 0 Å². The molecule has 0 aromatic heterocycles. The summed E-state index contributed by atoms with van der Waals surface area (Å²) in [6.07, 6.45) is 0. The van der Waals surface area contributed by atoms with Gasteiger partial charge in [0.05, 0.1) is 5.56 Å². The van der Waals surface area contributed by atoms with Gasteiger partial charge in [0.2, 0.25) is 0 Å². The van der Waals surface area contributed by atoms with Crippen molar-refractivity contribution in [2.75, 3.05) is 0 Å². The number of rotatable bonds is 3. The van der Waals surface area contributed by atoms with E-state index in [1.807, 2.05) is 6.07 Å². The average molecular weight is 466 g/mol. The Labute approximate surface area is 141 Å². The zero-order valence-corrected chi connectivity index (χ0v) is 14.8. The number of nitrogens with one attached hydrogen (secondary N) is 1. The summed E-state index contributed by atoms with van der Waals surface area (Å²) in [6, 6.07) is 9.93. The van der Waals surface area contributed by atoms with Crippen LogP contribution in [-0.2, 0) is 6.54 Å². The maximum atomic E-state index is 13.6. The van der Waals surface area contributed by atoms with E-state index in [4.69, 9.17) is 0 Å². The smallest absolute Gasteiger partial charge is 0.252 e. The molecule has 1 amide bonds. The molecule has 6 heteroatoms. The minimum Gasteiger partial charge on any atom is -0.348 e. The van der Waals surface area contributed by atoms with Gasteiger partial charge in [0.1, 0.15) is 5.82 Å². The van der Waals surface area contributed by atoms with Crippen LogP contribution in [0.5, 0.6) is 0 Å². The minimum absolute atomic E-state index is 0.128. The first kappa shape index (κ1) is 15.7. The second kappa shape index (κ2) is 6.83. The van der Waals surface area contributed by atoms with Crippen molar-refractivity contribution in [1.82, 2.24) is 5.32 Å². The number of amides is 1. The molecule has 0 saturated carbocycles. The van der Waals surface area contributed by atoms with E-state index in [0.29, 0.717) is 15.6 Å². The van der Waals surface area contributed by atoms with E-state index in [9.17, 15) is 9.18 Å². The molecule has 0 radical (unpaired) electrons. The zero-order valence-electron chi connectivity index (χ0n) is 10.1. The van der Waals surface area contributed by atoms with Gasteiger partial charge in [-0.2, -0.15) is 0 Å². The van der Waals surface area contributed by atoms with Crippen LogP contribution in [0.2, 0.25) is 0 Å². The third kappa shape index (κ3) is 3.90. The molecule has 104 valence electrons. The number of carbonyl (C=O) groups is 1. The normalized spacial score (nSPS) is 10.4. The number of benzene rings is 2. The van der Waals surface area contributed by atoms with E-state index in [2.05, 4.69) is 53.1 Å². The minimum atomic E-state index is -0.346. The van der Waals surface area contributed by atoms with Crippen LogP contribution in [0.4, 0.5) is 4.39 Å². The highest BCUT2D eigenvalue weighted by Gasteiger charge is 2.11. The summed E-state index contributed by atoms with van der Waals surface area (Å²) < 4.78 is 15.8. The van der Waals surface area contributed by atoms with Gasteiger partial charge >= 0.3 is 0 Å². The fourth-order valence-electron chi connectivity index (χ4n) is 1.62. The zero-order chi connectivity index (χ0) is 14.7. The molecule has 0 aliphatic heterocycles. The molecule has 0 aliphatic carbocycles. The summed E-state index contributed by atoms with van der Waals surface area (Å²) in [4.78, 5) is 12.1. The van der Waals surface area contributed by atoms with Crippen LogP contribution in [0.3, 0.4) is 0 Å². The molecule has 2 aromatic carbocycles. The highest BCUT2D eigenvalue weighted by molar-refractivity contribution is 9.11. The lowest BCUT2D eigenvalue weighted by Gasteiger charge is -2.08. The van der Waals surface area contributed by atoms with Crippen molar-refractivity contribution in [3.05, 3.63) is 66.8 Å². The van der Waals surface area contributed by atoms with Crippen LogP contribution in [-0.4, -0.2) is 5.91 Å². The van der Waals surface area contributed by atoms with Crippen LogP contribution in [0.15, 0.2) is 49.8 Å². The lowest BCUT2D eigenvalue weighted by molar-refractivity contribution is 0.0950. The van der Waals surface area contributed by atoms with Crippen LogP contribution in [0, 0.1) is 5.82 Å². The summed E-state index contributed by atoms with van der Waals surface area (Å²) in [5.41, 5.74) is 0.925. The van der Waals surface area contributed by atoms with Gasteiger partial charge in [-0.1, -0.05) is 31.9 Å². The largest absolute Gasteiger partial charge is 0.348 e. The molecule has 2 rings (SSSR count). The second-order valence-corrected chi connectivity index (χ2v) is 6.73. The van der Waals surface area contributed by atoms with Gasteiger partial charge in [-0.25, -0.2) is 4.39 Å². The number of hydrogen-bond acceptors (Lipinski definition) is 1. The molecule has 1 N–H and O–H groups in total. The molecular weight excluding hydrogens is 457 g/mol. The third-order valence-electron chi connectivity index (χ3n) is 2.62. The van der Waals surface area contributed by atoms with Crippen LogP contribution >= 0.6 is 47.8 Å². The molecule has 0 unspecified atom stereocenters. The molecule has 2 nitrogen and oxygen atoms in total. The lowest BCUT2D eigenvalue weighted by Crippen LogP contribution is -2.23. The predicted octanol–water partition coefficient (Wildman–Crippen LogP) is 5.04. The Hall–Kier alpha value is -0.720. The lowest BCUT2D eigenvalue weighted by atomic mass is 10.2.